The zero-order chi connectivity index (χ0) is 20.2. The summed E-state index contributed by atoms with van der Waals surface area (Å²) in [5.41, 5.74) is 1.64. The van der Waals surface area contributed by atoms with Gasteiger partial charge >= 0.3 is 6.61 Å². The molecule has 0 N–H and O–H groups in total. The fraction of sp³-hybridized carbons (Fsp3) is 0.261. The first-order valence-electron chi connectivity index (χ1n) is 9.63. The zero-order valence-corrected chi connectivity index (χ0v) is 15.9. The molecule has 1 fully saturated rings. The van der Waals surface area contributed by atoms with Gasteiger partial charge in [0.1, 0.15) is 5.75 Å². The Hall–Kier alpha value is -2.99. The summed E-state index contributed by atoms with van der Waals surface area (Å²) in [6, 6.07) is 20.7. The maximum atomic E-state index is 12.7. The number of ether oxygens (including phenoxy) is 1. The van der Waals surface area contributed by atoms with Crippen molar-refractivity contribution in [2.24, 2.45) is 0 Å². The molecule has 1 amide bonds. The highest BCUT2D eigenvalue weighted by Crippen LogP contribution is 2.21. The topological polar surface area (TPSA) is 32.8 Å². The third-order valence-electron chi connectivity index (χ3n) is 5.24. The Labute approximate surface area is 168 Å². The summed E-state index contributed by atoms with van der Waals surface area (Å²) in [4.78, 5) is 16.8. The van der Waals surface area contributed by atoms with Gasteiger partial charge in [-0.15, -0.1) is 0 Å². The van der Waals surface area contributed by atoms with Gasteiger partial charge in [-0.3, -0.25) is 9.69 Å². The lowest BCUT2D eigenvalue weighted by molar-refractivity contribution is -0.0499. The van der Waals surface area contributed by atoms with Crippen molar-refractivity contribution in [2.45, 2.75) is 13.2 Å². The van der Waals surface area contributed by atoms with E-state index in [1.165, 1.54) is 28.5 Å². The third-order valence-corrected chi connectivity index (χ3v) is 5.24. The quantitative estimate of drug-likeness (QED) is 0.641. The van der Waals surface area contributed by atoms with Gasteiger partial charge in [-0.1, -0.05) is 48.5 Å². The minimum Gasteiger partial charge on any atom is -0.435 e. The van der Waals surface area contributed by atoms with E-state index in [0.29, 0.717) is 18.7 Å². The molecule has 1 saturated heterocycles. The van der Waals surface area contributed by atoms with Crippen molar-refractivity contribution in [1.29, 1.82) is 0 Å². The van der Waals surface area contributed by atoms with Crippen molar-refractivity contribution in [3.05, 3.63) is 77.9 Å². The average molecular weight is 396 g/mol. The van der Waals surface area contributed by atoms with Crippen molar-refractivity contribution in [1.82, 2.24) is 9.80 Å². The summed E-state index contributed by atoms with van der Waals surface area (Å²) in [7, 11) is 0. The molecular formula is C23H22F2N2O2. The minimum atomic E-state index is -2.90. The fourth-order valence-electron chi connectivity index (χ4n) is 3.77. The van der Waals surface area contributed by atoms with E-state index < -0.39 is 6.61 Å². The van der Waals surface area contributed by atoms with Gasteiger partial charge in [-0.25, -0.2) is 0 Å². The first kappa shape index (κ1) is 19.3. The van der Waals surface area contributed by atoms with E-state index in [1.807, 2.05) is 12.1 Å². The normalized spacial score (nSPS) is 15.1. The minimum absolute atomic E-state index is 0.000409. The number of rotatable bonds is 5. The molecule has 6 heteroatoms. The van der Waals surface area contributed by atoms with E-state index >= 15 is 0 Å². The van der Waals surface area contributed by atoms with Crippen LogP contribution in [0.25, 0.3) is 10.8 Å². The van der Waals surface area contributed by atoms with E-state index in [0.717, 1.165) is 19.6 Å². The molecule has 0 aliphatic carbocycles. The van der Waals surface area contributed by atoms with Crippen molar-refractivity contribution < 1.29 is 18.3 Å². The Morgan fingerprint density at radius 2 is 1.66 bits per heavy atom. The molecule has 29 heavy (non-hydrogen) atoms. The first-order valence-corrected chi connectivity index (χ1v) is 9.63. The van der Waals surface area contributed by atoms with Crippen LogP contribution in [0.2, 0.25) is 0 Å². The molecule has 0 atom stereocenters. The van der Waals surface area contributed by atoms with Crippen LogP contribution < -0.4 is 4.74 Å². The molecule has 0 unspecified atom stereocenters. The summed E-state index contributed by atoms with van der Waals surface area (Å²) < 4.78 is 29.2. The molecule has 0 bridgehead atoms. The molecular weight excluding hydrogens is 374 g/mol. The molecule has 4 nitrogen and oxygen atoms in total. The number of alkyl halides is 2. The van der Waals surface area contributed by atoms with Crippen LogP contribution in [0.3, 0.4) is 0 Å². The predicted octanol–water partition coefficient (Wildman–Crippen LogP) is 4.40. The molecule has 0 saturated carbocycles. The molecule has 3 aromatic carbocycles. The smallest absolute Gasteiger partial charge is 0.387 e. The van der Waals surface area contributed by atoms with Crippen LogP contribution in [0.15, 0.2) is 66.7 Å². The van der Waals surface area contributed by atoms with Gasteiger partial charge in [0.05, 0.1) is 0 Å². The number of halogens is 2. The van der Waals surface area contributed by atoms with Crippen LogP contribution in [0.5, 0.6) is 5.75 Å². The lowest BCUT2D eigenvalue weighted by atomic mass is 10.0. The van der Waals surface area contributed by atoms with Gasteiger partial charge in [0.15, 0.2) is 0 Å². The Balaban J connectivity index is 1.38. The second-order valence-corrected chi connectivity index (χ2v) is 7.11. The Kier molecular flexibility index (Phi) is 5.71. The fourth-order valence-corrected chi connectivity index (χ4v) is 3.77. The summed E-state index contributed by atoms with van der Waals surface area (Å²) in [5, 5.41) is 2.48. The standard InChI is InChI=1S/C23H22F2N2O2/c24-23(25)29-20-9-4-7-18(15-20)22(28)27-13-11-26(12-14-27)16-19-8-3-6-17-5-1-2-10-21(17)19/h1-10,15,23H,11-14,16H2. The van der Waals surface area contributed by atoms with Crippen LogP contribution >= 0.6 is 0 Å². The summed E-state index contributed by atoms with van der Waals surface area (Å²) >= 11 is 0. The number of benzene rings is 3. The van der Waals surface area contributed by atoms with Gasteiger partial charge in [0.25, 0.3) is 5.91 Å². The number of piperazine rings is 1. The second kappa shape index (κ2) is 8.57. The van der Waals surface area contributed by atoms with Crippen molar-refractivity contribution in [3.8, 4) is 5.75 Å². The van der Waals surface area contributed by atoms with E-state index in [1.54, 1.807) is 17.0 Å². The largest absolute Gasteiger partial charge is 0.435 e. The maximum absolute atomic E-state index is 12.7. The Morgan fingerprint density at radius 3 is 2.45 bits per heavy atom. The number of amides is 1. The van der Waals surface area contributed by atoms with Crippen LogP contribution in [0.1, 0.15) is 15.9 Å². The molecule has 3 aromatic rings. The van der Waals surface area contributed by atoms with Crippen molar-refractivity contribution >= 4 is 16.7 Å². The molecule has 1 heterocycles. The molecule has 4 rings (SSSR count). The van der Waals surface area contributed by atoms with E-state index in [9.17, 15) is 13.6 Å². The number of carbonyl (C=O) groups excluding carboxylic acids is 1. The number of hydrogen-bond acceptors (Lipinski definition) is 3. The number of fused-ring (bicyclic) bond motifs is 1. The molecule has 0 radical (unpaired) electrons. The van der Waals surface area contributed by atoms with E-state index in [2.05, 4.69) is 40.0 Å². The van der Waals surface area contributed by atoms with Crippen LogP contribution in [-0.4, -0.2) is 48.5 Å². The third kappa shape index (κ3) is 4.54. The molecule has 0 spiro atoms. The SMILES string of the molecule is O=C(c1cccc(OC(F)F)c1)N1CCN(Cc2cccc3ccccc23)CC1. The summed E-state index contributed by atoms with van der Waals surface area (Å²) in [6.45, 7) is 0.663. The second-order valence-electron chi connectivity index (χ2n) is 7.11. The number of hydrogen-bond donors (Lipinski definition) is 0. The lowest BCUT2D eigenvalue weighted by Crippen LogP contribution is -2.48. The molecule has 1 aliphatic heterocycles. The molecule has 1 aliphatic rings. The van der Waals surface area contributed by atoms with Crippen LogP contribution in [-0.2, 0) is 6.54 Å². The van der Waals surface area contributed by atoms with E-state index in [-0.39, 0.29) is 11.7 Å². The first-order chi connectivity index (χ1) is 14.1. The van der Waals surface area contributed by atoms with Crippen molar-refractivity contribution in [2.75, 3.05) is 26.2 Å². The van der Waals surface area contributed by atoms with Crippen molar-refractivity contribution in [3.63, 3.8) is 0 Å². The summed E-state index contributed by atoms with van der Waals surface area (Å²) in [6.07, 6.45) is 0. The van der Waals surface area contributed by atoms with Gasteiger partial charge in [-0.05, 0) is 34.5 Å². The number of carbonyl (C=O) groups is 1. The van der Waals surface area contributed by atoms with Crippen LogP contribution in [0, 0.1) is 0 Å². The maximum Gasteiger partial charge on any atom is 0.387 e. The highest BCUT2D eigenvalue weighted by atomic mass is 19.3. The Morgan fingerprint density at radius 1 is 0.931 bits per heavy atom. The monoisotopic (exact) mass is 396 g/mol. The molecule has 150 valence electrons. The van der Waals surface area contributed by atoms with Gasteiger partial charge < -0.3 is 9.64 Å². The summed E-state index contributed by atoms with van der Waals surface area (Å²) in [5.74, 6) is -0.157. The number of nitrogens with zero attached hydrogens (tertiary/aromatic N) is 2. The molecule has 0 aromatic heterocycles. The highest BCUT2D eigenvalue weighted by molar-refractivity contribution is 5.94. The Bertz CT molecular complexity index is 996. The zero-order valence-electron chi connectivity index (χ0n) is 15.9. The lowest BCUT2D eigenvalue weighted by Gasteiger charge is -2.35. The average Bonchev–Trinajstić information content (AvgIpc) is 2.74. The highest BCUT2D eigenvalue weighted by Gasteiger charge is 2.23. The van der Waals surface area contributed by atoms with E-state index in [4.69, 9.17) is 0 Å². The van der Waals surface area contributed by atoms with Crippen LogP contribution in [0.4, 0.5) is 8.78 Å². The van der Waals surface area contributed by atoms with Gasteiger partial charge in [-0.2, -0.15) is 8.78 Å². The van der Waals surface area contributed by atoms with Gasteiger partial charge in [0.2, 0.25) is 0 Å². The predicted molar refractivity (Wildman–Crippen MR) is 108 cm³/mol. The van der Waals surface area contributed by atoms with Gasteiger partial charge in [0, 0.05) is 38.3 Å².